The van der Waals surface area contributed by atoms with Crippen molar-refractivity contribution in [1.29, 1.82) is 0 Å². The van der Waals surface area contributed by atoms with E-state index >= 15 is 0 Å². The Morgan fingerprint density at radius 3 is 1.54 bits per heavy atom. The van der Waals surface area contributed by atoms with Gasteiger partial charge < -0.3 is 119 Å². The quantitative estimate of drug-likeness (QED) is 0.0589. The molecule has 31 atom stereocenters. The fourth-order valence-corrected chi connectivity index (χ4v) is 17.9. The minimum Gasteiger partial charge on any atom is -0.467 e. The molecule has 0 radical (unpaired) electrons. The highest BCUT2D eigenvalue weighted by Gasteiger charge is 2.85. The Bertz CT molecular complexity index is 2140. The van der Waals surface area contributed by atoms with Gasteiger partial charge in [-0.05, 0) is 109 Å². The van der Waals surface area contributed by atoms with Gasteiger partial charge in [0.05, 0.1) is 44.4 Å². The fraction of sp³-hybridized carbons (Fsp3) is 0.963. The van der Waals surface area contributed by atoms with E-state index in [0.29, 0.717) is 24.5 Å². The first kappa shape index (κ1) is 59.8. The van der Waals surface area contributed by atoms with Crippen LogP contribution < -0.4 is 0 Å². The molecular formula is C54H88O24. The third kappa shape index (κ3) is 9.03. The Labute approximate surface area is 454 Å². The molecule has 10 rings (SSSR count). The highest BCUT2D eigenvalue weighted by atomic mass is 16.8. The summed E-state index contributed by atoms with van der Waals surface area (Å²) in [5.41, 5.74) is -0.703. The summed E-state index contributed by atoms with van der Waals surface area (Å²) in [5.74, 6) is 0.351. The van der Waals surface area contributed by atoms with Crippen LogP contribution in [0, 0.1) is 50.7 Å². The molecule has 5 saturated heterocycles. The van der Waals surface area contributed by atoms with Gasteiger partial charge in [-0.2, -0.15) is 0 Å². The van der Waals surface area contributed by atoms with Crippen LogP contribution in [0.1, 0.15) is 99.3 Å². The Hall–Kier alpha value is -1.38. The number of aliphatic hydroxyl groups excluding tert-OH is 14. The van der Waals surface area contributed by atoms with Crippen LogP contribution in [0.25, 0.3) is 0 Å². The van der Waals surface area contributed by atoms with Crippen molar-refractivity contribution in [1.82, 2.24) is 0 Å². The second kappa shape index (κ2) is 21.6. The Morgan fingerprint density at radius 1 is 0.513 bits per heavy atom. The zero-order chi connectivity index (χ0) is 56.6. The molecular weight excluding hydrogens is 1030 g/mol. The van der Waals surface area contributed by atoms with Gasteiger partial charge in [-0.3, -0.25) is 0 Å². The largest absolute Gasteiger partial charge is 0.467 e. The first-order valence-electron chi connectivity index (χ1n) is 28.2. The van der Waals surface area contributed by atoms with Crippen LogP contribution in [0.4, 0.5) is 0 Å². The smallest absolute Gasteiger partial charge is 0.228 e. The predicted molar refractivity (Wildman–Crippen MR) is 263 cm³/mol. The van der Waals surface area contributed by atoms with E-state index in [1.807, 2.05) is 6.08 Å². The summed E-state index contributed by atoms with van der Waals surface area (Å²) in [6, 6.07) is 0. The van der Waals surface area contributed by atoms with Crippen molar-refractivity contribution >= 4 is 0 Å². The molecule has 0 bridgehead atoms. The maximum atomic E-state index is 11.8. The van der Waals surface area contributed by atoms with Crippen LogP contribution in [-0.2, 0) is 47.4 Å². The molecule has 2 spiro atoms. The molecule has 448 valence electrons. The number of fused-ring (bicyclic) bond motifs is 4. The van der Waals surface area contributed by atoms with Crippen molar-refractivity contribution in [3.8, 4) is 0 Å². The molecule has 31 unspecified atom stereocenters. The van der Waals surface area contributed by atoms with Gasteiger partial charge in [-0.15, -0.1) is 0 Å². The molecule has 10 fully saturated rings. The van der Waals surface area contributed by atoms with E-state index in [4.69, 9.17) is 47.4 Å². The minimum atomic E-state index is -1.93. The van der Waals surface area contributed by atoms with E-state index < -0.39 is 167 Å². The molecule has 5 aliphatic carbocycles. The summed E-state index contributed by atoms with van der Waals surface area (Å²) in [6.07, 6.45) is -23.6. The average Bonchev–Trinajstić information content (AvgIpc) is 2.89. The molecule has 78 heavy (non-hydrogen) atoms. The van der Waals surface area contributed by atoms with E-state index in [1.165, 1.54) is 0 Å². The van der Waals surface area contributed by atoms with E-state index in [2.05, 4.69) is 34.6 Å². The van der Waals surface area contributed by atoms with Crippen molar-refractivity contribution in [3.05, 3.63) is 11.8 Å². The van der Waals surface area contributed by atoms with E-state index in [0.717, 1.165) is 44.9 Å². The maximum absolute atomic E-state index is 11.8. The van der Waals surface area contributed by atoms with Gasteiger partial charge in [-0.25, -0.2) is 0 Å². The second-order valence-corrected chi connectivity index (χ2v) is 25.9. The SMILES string of the molecule is COC12CC3(C)C4CCC5C(C)(C)C(OC6OC(CO)C(O)C(O)C6OC6OC(CO)C(O)C(O)C6OC6OC(CO)C(O)C(O)C6O)CCC56CC46CCC3(C)C1C(C)C(CC=C(C)OC1OC(CO)C(O)C(O)C1O)O2. The lowest BCUT2D eigenvalue weighted by atomic mass is 9.41. The zero-order valence-electron chi connectivity index (χ0n) is 45.6. The number of ether oxygens (including phenoxy) is 10. The Kier molecular flexibility index (Phi) is 16.6. The summed E-state index contributed by atoms with van der Waals surface area (Å²) < 4.78 is 62.0. The van der Waals surface area contributed by atoms with Gasteiger partial charge in [0.15, 0.2) is 24.7 Å². The maximum Gasteiger partial charge on any atom is 0.228 e. The molecule has 0 aromatic rings. The summed E-state index contributed by atoms with van der Waals surface area (Å²) in [5, 5.41) is 148. The number of hydrogen-bond acceptors (Lipinski definition) is 24. The van der Waals surface area contributed by atoms with Crippen molar-refractivity contribution in [2.45, 2.75) is 240 Å². The molecule has 0 amide bonds. The van der Waals surface area contributed by atoms with Crippen LogP contribution in [0.5, 0.6) is 0 Å². The Morgan fingerprint density at radius 2 is 0.987 bits per heavy atom. The number of rotatable bonds is 15. The van der Waals surface area contributed by atoms with E-state index in [-0.39, 0.29) is 45.5 Å². The molecule has 10 aliphatic rings. The number of aliphatic hydroxyl groups is 14. The summed E-state index contributed by atoms with van der Waals surface area (Å²) >= 11 is 0. The summed E-state index contributed by atoms with van der Waals surface area (Å²) in [7, 11) is 1.75. The van der Waals surface area contributed by atoms with Crippen molar-refractivity contribution in [2.24, 2.45) is 50.7 Å². The molecule has 24 nitrogen and oxygen atoms in total. The third-order valence-corrected chi connectivity index (χ3v) is 22.1. The van der Waals surface area contributed by atoms with E-state index in [9.17, 15) is 71.5 Å². The van der Waals surface area contributed by atoms with Gasteiger partial charge in [-0.1, -0.05) is 34.6 Å². The minimum absolute atomic E-state index is 0.00763. The van der Waals surface area contributed by atoms with Gasteiger partial charge in [0, 0.05) is 19.4 Å². The molecule has 0 aromatic carbocycles. The van der Waals surface area contributed by atoms with Gasteiger partial charge in [0.1, 0.15) is 97.7 Å². The third-order valence-electron chi connectivity index (χ3n) is 22.1. The number of allylic oxidation sites excluding steroid dienone is 1. The van der Waals surface area contributed by atoms with Gasteiger partial charge >= 0.3 is 0 Å². The first-order chi connectivity index (χ1) is 36.8. The van der Waals surface area contributed by atoms with Gasteiger partial charge in [0.25, 0.3) is 0 Å². The molecule has 24 heteroatoms. The standard InChI is InChI=1S/C54H88O24/c1-22(70-45-40(67)36(63)32(59)25(16-55)71-45)8-9-24-23(2)44-50(5)14-15-53-21-52(53)13-12-31(49(3,4)29(52)10-11-30(53)51(50,6)20-54(44,69-7)78-24)75-47-42(38(65)34(61)27(18-57)73-47)77-48-43(39(66)35(62)28(19-58)74-48)76-46-41(68)37(64)33(60)26(17-56)72-46/h8,23-48,55-68H,9-21H2,1-7H3. The summed E-state index contributed by atoms with van der Waals surface area (Å²) in [4.78, 5) is 0. The number of hydrogen-bond donors (Lipinski definition) is 14. The van der Waals surface area contributed by atoms with Crippen molar-refractivity contribution in [2.75, 3.05) is 33.5 Å². The van der Waals surface area contributed by atoms with Crippen LogP contribution >= 0.6 is 0 Å². The van der Waals surface area contributed by atoms with Gasteiger partial charge in [0.2, 0.25) is 6.29 Å². The Balaban J connectivity index is 0.843. The fourth-order valence-electron chi connectivity index (χ4n) is 17.9. The average molecular weight is 1120 g/mol. The zero-order valence-corrected chi connectivity index (χ0v) is 45.6. The second-order valence-electron chi connectivity index (χ2n) is 25.9. The lowest BCUT2D eigenvalue weighted by Gasteiger charge is -2.63. The molecule has 5 heterocycles. The highest BCUT2D eigenvalue weighted by molar-refractivity contribution is 5.32. The number of methoxy groups -OCH3 is 1. The monoisotopic (exact) mass is 1120 g/mol. The summed E-state index contributed by atoms with van der Waals surface area (Å²) in [6.45, 7) is 10.4. The van der Waals surface area contributed by atoms with Crippen molar-refractivity contribution < 1.29 is 119 Å². The topological polar surface area (TPSA) is 376 Å². The highest BCUT2D eigenvalue weighted by Crippen LogP contribution is 2.90. The lowest BCUT2D eigenvalue weighted by Crippen LogP contribution is -2.67. The molecule has 14 N–H and O–H groups in total. The first-order valence-corrected chi connectivity index (χ1v) is 28.2. The molecule has 5 saturated carbocycles. The molecule has 5 aliphatic heterocycles. The normalized spacial score (nSPS) is 56.5. The molecule has 0 aromatic heterocycles. The van der Waals surface area contributed by atoms with Crippen LogP contribution in [-0.4, -0.2) is 246 Å². The van der Waals surface area contributed by atoms with Crippen LogP contribution in [0.2, 0.25) is 0 Å². The van der Waals surface area contributed by atoms with Crippen LogP contribution in [0.15, 0.2) is 11.8 Å². The predicted octanol–water partition coefficient (Wildman–Crippen LogP) is -2.64. The van der Waals surface area contributed by atoms with Crippen molar-refractivity contribution in [3.63, 3.8) is 0 Å². The van der Waals surface area contributed by atoms with E-state index in [1.54, 1.807) is 14.0 Å². The lowest BCUT2D eigenvalue weighted by molar-refractivity contribution is -0.398. The van der Waals surface area contributed by atoms with Crippen LogP contribution in [0.3, 0.4) is 0 Å².